The van der Waals surface area contributed by atoms with Gasteiger partial charge in [-0.3, -0.25) is 9.48 Å². The highest BCUT2D eigenvalue weighted by molar-refractivity contribution is 7.18. The first-order valence-corrected chi connectivity index (χ1v) is 6.24. The molecule has 0 radical (unpaired) electrons. The number of aromatic nitrogens is 2. The summed E-state index contributed by atoms with van der Waals surface area (Å²) < 4.78 is 2.39. The maximum Gasteiger partial charge on any atom is 0.195 e. The van der Waals surface area contributed by atoms with E-state index in [1.165, 1.54) is 17.4 Å². The van der Waals surface area contributed by atoms with E-state index < -0.39 is 0 Å². The number of nitrogens with zero attached hydrogens (tertiary/aromatic N) is 2. The summed E-state index contributed by atoms with van der Waals surface area (Å²) in [7, 11) is 1.87. The van der Waals surface area contributed by atoms with Crippen molar-refractivity contribution in [1.82, 2.24) is 9.78 Å². The summed E-state index contributed by atoms with van der Waals surface area (Å²) in [5.41, 5.74) is 1.83. The Morgan fingerprint density at radius 1 is 1.53 bits per heavy atom. The summed E-state index contributed by atoms with van der Waals surface area (Å²) in [6.45, 7) is 1.96. The van der Waals surface area contributed by atoms with E-state index in [9.17, 15) is 4.79 Å². The van der Waals surface area contributed by atoms with E-state index in [0.29, 0.717) is 9.21 Å². The minimum Gasteiger partial charge on any atom is -0.288 e. The summed E-state index contributed by atoms with van der Waals surface area (Å²) in [4.78, 5) is 12.4. The minimum atomic E-state index is -0.0507. The summed E-state index contributed by atoms with van der Waals surface area (Å²) in [5, 5.41) is 4.24. The Kier molecular flexibility index (Phi) is 3.45. The van der Waals surface area contributed by atoms with Crippen LogP contribution in [0.2, 0.25) is 4.34 Å². The molecule has 0 fully saturated rings. The van der Waals surface area contributed by atoms with Crippen LogP contribution in [0, 0.1) is 6.92 Å². The van der Waals surface area contributed by atoms with Gasteiger partial charge in [0.25, 0.3) is 0 Å². The van der Waals surface area contributed by atoms with Gasteiger partial charge < -0.3 is 0 Å². The molecule has 2 rings (SSSR count). The number of hydrogen-bond acceptors (Lipinski definition) is 3. The molecular formula is C12H11ClN2OS. The van der Waals surface area contributed by atoms with Gasteiger partial charge in [-0.05, 0) is 37.3 Å². The number of halogens is 1. The van der Waals surface area contributed by atoms with Crippen LogP contribution in [0.25, 0.3) is 6.08 Å². The fraction of sp³-hybridized carbons (Fsp3) is 0.167. The van der Waals surface area contributed by atoms with E-state index in [-0.39, 0.29) is 5.78 Å². The fourth-order valence-electron chi connectivity index (χ4n) is 1.36. The van der Waals surface area contributed by atoms with Gasteiger partial charge in [-0.15, -0.1) is 11.3 Å². The third kappa shape index (κ3) is 2.84. The molecule has 2 aromatic heterocycles. The average molecular weight is 267 g/mol. The number of carbonyl (C=O) groups is 1. The molecule has 0 aliphatic carbocycles. The minimum absolute atomic E-state index is 0.0507. The van der Waals surface area contributed by atoms with Crippen LogP contribution in [0.15, 0.2) is 24.3 Å². The number of allylic oxidation sites excluding steroid dienone is 1. The predicted molar refractivity (Wildman–Crippen MR) is 70.6 cm³/mol. The van der Waals surface area contributed by atoms with Gasteiger partial charge in [0, 0.05) is 12.7 Å². The molecule has 5 heteroatoms. The molecule has 3 nitrogen and oxygen atoms in total. The monoisotopic (exact) mass is 266 g/mol. The van der Waals surface area contributed by atoms with E-state index >= 15 is 0 Å². The predicted octanol–water partition coefficient (Wildman–Crippen LogP) is 3.34. The second-order valence-electron chi connectivity index (χ2n) is 3.64. The highest BCUT2D eigenvalue weighted by Gasteiger charge is 2.05. The maximum atomic E-state index is 11.8. The molecule has 0 unspecified atom stereocenters. The first-order valence-electron chi connectivity index (χ1n) is 5.04. The molecule has 2 aromatic rings. The van der Waals surface area contributed by atoms with Crippen LogP contribution in [-0.2, 0) is 7.05 Å². The lowest BCUT2D eigenvalue weighted by Crippen LogP contribution is -1.92. The molecule has 0 spiro atoms. The molecule has 0 saturated heterocycles. The lowest BCUT2D eigenvalue weighted by molar-refractivity contribution is 0.105. The van der Waals surface area contributed by atoms with Crippen LogP contribution in [0.1, 0.15) is 21.1 Å². The van der Waals surface area contributed by atoms with Crippen molar-refractivity contribution in [3.05, 3.63) is 44.9 Å². The first-order chi connectivity index (χ1) is 8.06. The largest absolute Gasteiger partial charge is 0.288 e. The lowest BCUT2D eigenvalue weighted by atomic mass is 10.2. The summed E-state index contributed by atoms with van der Waals surface area (Å²) in [5.74, 6) is -0.0507. The lowest BCUT2D eigenvalue weighted by Gasteiger charge is -1.88. The van der Waals surface area contributed by atoms with Crippen molar-refractivity contribution in [3.8, 4) is 0 Å². The van der Waals surface area contributed by atoms with Crippen LogP contribution in [0.4, 0.5) is 0 Å². The van der Waals surface area contributed by atoms with Crippen LogP contribution in [-0.4, -0.2) is 15.6 Å². The van der Waals surface area contributed by atoms with Crippen LogP contribution < -0.4 is 0 Å². The Morgan fingerprint density at radius 2 is 2.29 bits per heavy atom. The van der Waals surface area contributed by atoms with E-state index in [0.717, 1.165) is 11.4 Å². The van der Waals surface area contributed by atoms with Gasteiger partial charge in [-0.25, -0.2) is 0 Å². The normalized spacial score (nSPS) is 11.2. The highest BCUT2D eigenvalue weighted by Crippen LogP contribution is 2.22. The Morgan fingerprint density at radius 3 is 2.82 bits per heavy atom. The van der Waals surface area contributed by atoms with Crippen molar-refractivity contribution in [3.63, 3.8) is 0 Å². The second-order valence-corrected chi connectivity index (χ2v) is 5.35. The smallest absolute Gasteiger partial charge is 0.195 e. The number of thiophene rings is 1. The Labute approximate surface area is 108 Å². The topological polar surface area (TPSA) is 34.9 Å². The Hall–Kier alpha value is -1.39. The third-order valence-corrected chi connectivity index (χ3v) is 3.60. The Balaban J connectivity index is 2.13. The number of carbonyl (C=O) groups excluding carboxylic acids is 1. The molecule has 0 saturated carbocycles. The summed E-state index contributed by atoms with van der Waals surface area (Å²) in [6, 6.07) is 5.37. The third-order valence-electron chi connectivity index (χ3n) is 2.35. The summed E-state index contributed by atoms with van der Waals surface area (Å²) >= 11 is 7.05. The molecule has 0 aromatic carbocycles. The van der Waals surface area contributed by atoms with Gasteiger partial charge in [0.1, 0.15) is 0 Å². The summed E-state index contributed by atoms with van der Waals surface area (Å²) in [6.07, 6.45) is 3.23. The van der Waals surface area contributed by atoms with Gasteiger partial charge in [0.15, 0.2) is 5.78 Å². The Bertz CT molecular complexity index is 564. The van der Waals surface area contributed by atoms with Crippen molar-refractivity contribution < 1.29 is 4.79 Å². The quantitative estimate of drug-likeness (QED) is 0.631. The van der Waals surface area contributed by atoms with Gasteiger partial charge in [-0.1, -0.05) is 11.6 Å². The van der Waals surface area contributed by atoms with E-state index in [1.54, 1.807) is 22.9 Å². The second kappa shape index (κ2) is 4.85. The number of hydrogen-bond donors (Lipinski definition) is 0. The number of aryl methyl sites for hydroxylation is 2. The zero-order valence-electron chi connectivity index (χ0n) is 9.48. The highest BCUT2D eigenvalue weighted by atomic mass is 35.5. The van der Waals surface area contributed by atoms with Gasteiger partial charge in [0.2, 0.25) is 0 Å². The standard InChI is InChI=1S/C12H11ClN2OS/c1-8-7-9(14-15(8)2)3-4-10(16)11-5-6-12(13)17-11/h3-7H,1-2H3/b4-3+. The maximum absolute atomic E-state index is 11.8. The molecule has 2 heterocycles. The van der Waals surface area contributed by atoms with Crippen LogP contribution in [0.5, 0.6) is 0 Å². The SMILES string of the molecule is Cc1cc(/C=C/C(=O)c2ccc(Cl)s2)nn1C. The van der Waals surface area contributed by atoms with Crippen molar-refractivity contribution in [1.29, 1.82) is 0 Å². The average Bonchev–Trinajstić information content (AvgIpc) is 2.83. The van der Waals surface area contributed by atoms with Crippen molar-refractivity contribution in [2.45, 2.75) is 6.92 Å². The van der Waals surface area contributed by atoms with E-state index in [2.05, 4.69) is 5.10 Å². The zero-order chi connectivity index (χ0) is 12.4. The van der Waals surface area contributed by atoms with Crippen molar-refractivity contribution >= 4 is 34.8 Å². The van der Waals surface area contributed by atoms with Crippen molar-refractivity contribution in [2.75, 3.05) is 0 Å². The molecule has 0 aliphatic rings. The van der Waals surface area contributed by atoms with Crippen LogP contribution in [0.3, 0.4) is 0 Å². The molecule has 88 valence electrons. The molecule has 0 amide bonds. The molecule has 0 atom stereocenters. The van der Waals surface area contributed by atoms with Crippen LogP contribution >= 0.6 is 22.9 Å². The number of rotatable bonds is 3. The number of ketones is 1. The van der Waals surface area contributed by atoms with E-state index in [1.807, 2.05) is 20.0 Å². The molecule has 0 N–H and O–H groups in total. The molecule has 0 bridgehead atoms. The van der Waals surface area contributed by atoms with Gasteiger partial charge in [0.05, 0.1) is 14.9 Å². The van der Waals surface area contributed by atoms with Crippen molar-refractivity contribution in [2.24, 2.45) is 7.05 Å². The first kappa shape index (κ1) is 12.1. The fourth-order valence-corrected chi connectivity index (χ4v) is 2.32. The van der Waals surface area contributed by atoms with E-state index in [4.69, 9.17) is 11.6 Å². The van der Waals surface area contributed by atoms with Gasteiger partial charge in [-0.2, -0.15) is 5.10 Å². The molecular weight excluding hydrogens is 256 g/mol. The molecule has 17 heavy (non-hydrogen) atoms. The van der Waals surface area contributed by atoms with Gasteiger partial charge >= 0.3 is 0 Å². The molecule has 0 aliphatic heterocycles. The zero-order valence-corrected chi connectivity index (χ0v) is 11.0.